The Kier molecular flexibility index (Phi) is 12.4. The van der Waals surface area contributed by atoms with Gasteiger partial charge >= 0.3 is 0 Å². The van der Waals surface area contributed by atoms with Crippen molar-refractivity contribution in [1.82, 2.24) is 15.1 Å². The molecule has 0 heterocycles. The Morgan fingerprint density at radius 1 is 1.05 bits per heavy atom. The highest BCUT2D eigenvalue weighted by atomic mass is 32.1. The average molecular weight is 289 g/mol. The van der Waals surface area contributed by atoms with Gasteiger partial charge in [0.25, 0.3) is 0 Å². The summed E-state index contributed by atoms with van der Waals surface area (Å²) in [6, 6.07) is 0. The zero-order chi connectivity index (χ0) is 14.5. The molecule has 0 unspecified atom stereocenters. The summed E-state index contributed by atoms with van der Waals surface area (Å²) in [5.74, 6) is 0. The number of thiocarbonyl (C=S) groups is 1. The lowest BCUT2D eigenvalue weighted by Crippen LogP contribution is -2.41. The van der Waals surface area contributed by atoms with Crippen molar-refractivity contribution in [2.45, 2.75) is 33.6 Å². The number of hydrogen-bond donors (Lipinski definition) is 1. The van der Waals surface area contributed by atoms with Crippen LogP contribution in [0.2, 0.25) is 0 Å². The molecule has 0 aromatic carbocycles. The highest BCUT2D eigenvalue weighted by Gasteiger charge is 2.07. The van der Waals surface area contributed by atoms with Crippen LogP contribution in [0.4, 0.5) is 0 Å². The molecular formula is C14H31N3OS. The van der Waals surface area contributed by atoms with E-state index >= 15 is 0 Å². The van der Waals surface area contributed by atoms with E-state index in [2.05, 4.69) is 35.9 Å². The minimum Gasteiger partial charge on any atom is -0.385 e. The van der Waals surface area contributed by atoms with Gasteiger partial charge < -0.3 is 19.9 Å². The van der Waals surface area contributed by atoms with Crippen molar-refractivity contribution in [2.24, 2.45) is 0 Å². The monoisotopic (exact) mass is 289 g/mol. The fourth-order valence-electron chi connectivity index (χ4n) is 1.95. The molecule has 0 aromatic heterocycles. The Hall–Kier alpha value is -0.390. The van der Waals surface area contributed by atoms with E-state index < -0.39 is 0 Å². The molecule has 0 spiro atoms. The minimum absolute atomic E-state index is 0.781. The fourth-order valence-corrected chi connectivity index (χ4v) is 2.27. The number of ether oxygens (including phenoxy) is 1. The molecule has 0 rings (SSSR count). The quantitative estimate of drug-likeness (QED) is 0.464. The Morgan fingerprint density at radius 2 is 1.74 bits per heavy atom. The van der Waals surface area contributed by atoms with Crippen LogP contribution in [-0.4, -0.2) is 67.9 Å². The first-order valence-electron chi connectivity index (χ1n) is 7.43. The second-order valence-corrected chi connectivity index (χ2v) is 4.93. The summed E-state index contributed by atoms with van der Waals surface area (Å²) >= 11 is 5.42. The van der Waals surface area contributed by atoms with Crippen LogP contribution in [0.25, 0.3) is 0 Å². The molecule has 0 aliphatic heterocycles. The Morgan fingerprint density at radius 3 is 2.26 bits per heavy atom. The van der Waals surface area contributed by atoms with Crippen molar-refractivity contribution in [3.63, 3.8) is 0 Å². The maximum atomic E-state index is 5.42. The van der Waals surface area contributed by atoms with E-state index in [1.54, 1.807) is 7.11 Å². The van der Waals surface area contributed by atoms with E-state index in [1.807, 2.05) is 0 Å². The summed E-state index contributed by atoms with van der Waals surface area (Å²) in [7, 11) is 1.73. The minimum atomic E-state index is 0.781. The van der Waals surface area contributed by atoms with E-state index in [9.17, 15) is 0 Å². The van der Waals surface area contributed by atoms with Crippen molar-refractivity contribution >= 4 is 17.3 Å². The van der Waals surface area contributed by atoms with E-state index in [0.29, 0.717) is 0 Å². The third-order valence-electron chi connectivity index (χ3n) is 3.27. The van der Waals surface area contributed by atoms with Crippen molar-refractivity contribution in [1.29, 1.82) is 0 Å². The third kappa shape index (κ3) is 9.19. The maximum absolute atomic E-state index is 5.42. The second kappa shape index (κ2) is 12.6. The molecular weight excluding hydrogens is 258 g/mol. The van der Waals surface area contributed by atoms with Crippen molar-refractivity contribution in [3.8, 4) is 0 Å². The molecule has 0 bridgehead atoms. The third-order valence-corrected chi connectivity index (χ3v) is 3.67. The molecule has 114 valence electrons. The Bertz CT molecular complexity index is 223. The molecule has 5 heteroatoms. The van der Waals surface area contributed by atoms with Crippen LogP contribution in [0.15, 0.2) is 0 Å². The molecule has 0 atom stereocenters. The molecule has 0 radical (unpaired) electrons. The summed E-state index contributed by atoms with van der Waals surface area (Å²) in [6.45, 7) is 13.6. The first-order chi connectivity index (χ1) is 9.19. The van der Waals surface area contributed by atoms with Crippen molar-refractivity contribution in [3.05, 3.63) is 0 Å². The first kappa shape index (κ1) is 18.6. The molecule has 0 aliphatic carbocycles. The van der Waals surface area contributed by atoms with Gasteiger partial charge in [0.2, 0.25) is 0 Å². The highest BCUT2D eigenvalue weighted by Crippen LogP contribution is 1.97. The first-order valence-corrected chi connectivity index (χ1v) is 7.84. The summed E-state index contributed by atoms with van der Waals surface area (Å²) < 4.78 is 5.02. The summed E-state index contributed by atoms with van der Waals surface area (Å²) in [5, 5.41) is 4.17. The largest absolute Gasteiger partial charge is 0.385 e. The van der Waals surface area contributed by atoms with Crippen LogP contribution < -0.4 is 5.32 Å². The SMILES string of the molecule is CCN(CC)CCCN(CC)C(=S)NCCCOC. The molecule has 19 heavy (non-hydrogen) atoms. The van der Waals surface area contributed by atoms with E-state index in [-0.39, 0.29) is 0 Å². The second-order valence-electron chi connectivity index (χ2n) is 4.54. The number of nitrogens with one attached hydrogen (secondary N) is 1. The molecule has 4 nitrogen and oxygen atoms in total. The van der Waals surface area contributed by atoms with Crippen LogP contribution >= 0.6 is 12.2 Å². The number of hydrogen-bond acceptors (Lipinski definition) is 3. The molecule has 1 N–H and O–H groups in total. The number of nitrogens with zero attached hydrogens (tertiary/aromatic N) is 2. The average Bonchev–Trinajstić information content (AvgIpc) is 2.44. The van der Waals surface area contributed by atoms with Gasteiger partial charge in [0, 0.05) is 33.4 Å². The molecule has 0 fully saturated rings. The van der Waals surface area contributed by atoms with Gasteiger partial charge in [-0.15, -0.1) is 0 Å². The highest BCUT2D eigenvalue weighted by molar-refractivity contribution is 7.80. The van der Waals surface area contributed by atoms with E-state index in [1.165, 1.54) is 0 Å². The topological polar surface area (TPSA) is 27.7 Å². The van der Waals surface area contributed by atoms with Gasteiger partial charge in [-0.25, -0.2) is 0 Å². The maximum Gasteiger partial charge on any atom is 0.168 e. The van der Waals surface area contributed by atoms with Gasteiger partial charge in [-0.3, -0.25) is 0 Å². The normalized spacial score (nSPS) is 10.8. The van der Waals surface area contributed by atoms with Crippen molar-refractivity contribution < 1.29 is 4.74 Å². The lowest BCUT2D eigenvalue weighted by molar-refractivity contribution is 0.195. The van der Waals surface area contributed by atoms with Gasteiger partial charge in [0.15, 0.2) is 5.11 Å². The van der Waals surface area contributed by atoms with E-state index in [0.717, 1.165) is 63.8 Å². The molecule has 0 saturated carbocycles. The Balaban J connectivity index is 3.82. The van der Waals surface area contributed by atoms with Gasteiger partial charge in [0.05, 0.1) is 0 Å². The van der Waals surface area contributed by atoms with Crippen LogP contribution in [-0.2, 0) is 4.74 Å². The van der Waals surface area contributed by atoms with Crippen LogP contribution in [0, 0.1) is 0 Å². The zero-order valence-electron chi connectivity index (χ0n) is 13.1. The summed E-state index contributed by atoms with van der Waals surface area (Å²) in [5.41, 5.74) is 0. The predicted octanol–water partition coefficient (Wildman–Crippen LogP) is 1.95. The Labute approximate surface area is 124 Å². The van der Waals surface area contributed by atoms with Crippen molar-refractivity contribution in [2.75, 3.05) is 53.0 Å². The number of rotatable bonds is 11. The lowest BCUT2D eigenvalue weighted by Gasteiger charge is -2.26. The van der Waals surface area contributed by atoms with Gasteiger partial charge in [0.1, 0.15) is 0 Å². The van der Waals surface area contributed by atoms with Crippen LogP contribution in [0.1, 0.15) is 33.6 Å². The smallest absolute Gasteiger partial charge is 0.168 e. The van der Waals surface area contributed by atoms with Crippen LogP contribution in [0.3, 0.4) is 0 Å². The fraction of sp³-hybridized carbons (Fsp3) is 0.929. The standard InChI is InChI=1S/C14H31N3OS/c1-5-16(6-2)11-9-12-17(7-3)14(19)15-10-8-13-18-4/h5-13H2,1-4H3,(H,15,19). The van der Waals surface area contributed by atoms with Gasteiger partial charge in [-0.05, 0) is 51.6 Å². The predicted molar refractivity (Wildman–Crippen MR) is 86.7 cm³/mol. The van der Waals surface area contributed by atoms with Gasteiger partial charge in [-0.1, -0.05) is 13.8 Å². The summed E-state index contributed by atoms with van der Waals surface area (Å²) in [4.78, 5) is 4.69. The molecule has 0 amide bonds. The zero-order valence-corrected chi connectivity index (χ0v) is 13.9. The molecule has 0 saturated heterocycles. The molecule has 0 aromatic rings. The number of methoxy groups -OCH3 is 1. The van der Waals surface area contributed by atoms with Crippen LogP contribution in [0.5, 0.6) is 0 Å². The van der Waals surface area contributed by atoms with Gasteiger partial charge in [-0.2, -0.15) is 0 Å². The molecule has 0 aliphatic rings. The lowest BCUT2D eigenvalue weighted by atomic mass is 10.3. The summed E-state index contributed by atoms with van der Waals surface area (Å²) in [6.07, 6.45) is 2.16. The van der Waals surface area contributed by atoms with E-state index in [4.69, 9.17) is 17.0 Å².